The summed E-state index contributed by atoms with van der Waals surface area (Å²) in [4.78, 5) is 4.58. The molecule has 0 aromatic heterocycles. The number of para-hydroxylation sites is 1. The van der Waals surface area contributed by atoms with Crippen molar-refractivity contribution in [3.8, 4) is 0 Å². The van der Waals surface area contributed by atoms with Crippen LogP contribution in [-0.4, -0.2) is 48.0 Å². The zero-order valence-corrected chi connectivity index (χ0v) is 13.9. The lowest BCUT2D eigenvalue weighted by Gasteiger charge is -2.23. The first kappa shape index (κ1) is 16.3. The van der Waals surface area contributed by atoms with Crippen LogP contribution in [0.2, 0.25) is 0 Å². The van der Waals surface area contributed by atoms with Crippen molar-refractivity contribution in [2.45, 2.75) is 16.2 Å². The number of nitrogens with zero attached hydrogens (tertiary/aromatic N) is 1. The van der Waals surface area contributed by atoms with E-state index in [1.54, 1.807) is 11.8 Å². The Balaban J connectivity index is 1.67. The average Bonchev–Trinajstić information content (AvgIpc) is 2.58. The van der Waals surface area contributed by atoms with Gasteiger partial charge in [0.25, 0.3) is 0 Å². The van der Waals surface area contributed by atoms with Crippen molar-refractivity contribution in [3.63, 3.8) is 0 Å². The summed E-state index contributed by atoms with van der Waals surface area (Å²) in [5.74, 6) is 0. The fraction of sp³-hybridized carbons (Fsp3) is 0.333. The third kappa shape index (κ3) is 4.06. The summed E-state index contributed by atoms with van der Waals surface area (Å²) in [6, 6.07) is 14.9. The standard InChI is InChI=1S/C18H22N2O2S/c21-11-9-20(10-12-22)8-7-14-5-6-18-16(13-14)19-15-3-1-2-4-17(15)23-18/h1-6,13,19,21-22H,7-12H2. The first-order valence-corrected chi connectivity index (χ1v) is 8.72. The third-order valence-corrected chi connectivity index (χ3v) is 5.12. The molecule has 3 rings (SSSR count). The van der Waals surface area contributed by atoms with Crippen LogP contribution in [0.25, 0.3) is 0 Å². The molecule has 4 nitrogen and oxygen atoms in total. The van der Waals surface area contributed by atoms with E-state index in [2.05, 4.69) is 46.6 Å². The van der Waals surface area contributed by atoms with Gasteiger partial charge >= 0.3 is 0 Å². The van der Waals surface area contributed by atoms with E-state index in [4.69, 9.17) is 10.2 Å². The molecule has 0 spiro atoms. The Morgan fingerprint density at radius 2 is 1.61 bits per heavy atom. The summed E-state index contributed by atoms with van der Waals surface area (Å²) >= 11 is 1.79. The molecule has 0 saturated heterocycles. The van der Waals surface area contributed by atoms with Crippen LogP contribution in [0.1, 0.15) is 5.56 Å². The molecule has 0 unspecified atom stereocenters. The lowest BCUT2D eigenvalue weighted by atomic mass is 10.1. The molecule has 0 atom stereocenters. The lowest BCUT2D eigenvalue weighted by molar-refractivity contribution is 0.162. The highest BCUT2D eigenvalue weighted by Crippen LogP contribution is 2.44. The largest absolute Gasteiger partial charge is 0.395 e. The molecule has 0 bridgehead atoms. The van der Waals surface area contributed by atoms with Crippen molar-refractivity contribution in [2.75, 3.05) is 38.2 Å². The molecule has 3 N–H and O–H groups in total. The number of nitrogens with one attached hydrogen (secondary N) is 1. The minimum absolute atomic E-state index is 0.124. The lowest BCUT2D eigenvalue weighted by Crippen LogP contribution is -2.31. The molecule has 0 amide bonds. The number of fused-ring (bicyclic) bond motifs is 2. The van der Waals surface area contributed by atoms with Gasteiger partial charge < -0.3 is 15.5 Å². The van der Waals surface area contributed by atoms with Crippen LogP contribution in [0.4, 0.5) is 11.4 Å². The molecule has 0 fully saturated rings. The molecular weight excluding hydrogens is 308 g/mol. The van der Waals surface area contributed by atoms with Gasteiger partial charge in [-0.05, 0) is 36.2 Å². The number of aliphatic hydroxyl groups excluding tert-OH is 2. The Kier molecular flexibility index (Phi) is 5.56. The number of anilines is 2. The Hall–Kier alpha value is -1.53. The summed E-state index contributed by atoms with van der Waals surface area (Å²) in [5.41, 5.74) is 3.57. The normalized spacial score (nSPS) is 12.7. The quantitative estimate of drug-likeness (QED) is 0.622. The Morgan fingerprint density at radius 1 is 0.870 bits per heavy atom. The van der Waals surface area contributed by atoms with Gasteiger partial charge in [-0.1, -0.05) is 30.0 Å². The molecule has 0 saturated carbocycles. The predicted octanol–water partition coefficient (Wildman–Crippen LogP) is 2.72. The number of hydrogen-bond acceptors (Lipinski definition) is 5. The van der Waals surface area contributed by atoms with E-state index >= 15 is 0 Å². The van der Waals surface area contributed by atoms with Crippen molar-refractivity contribution >= 4 is 23.1 Å². The smallest absolute Gasteiger partial charge is 0.0558 e. The molecule has 0 radical (unpaired) electrons. The second kappa shape index (κ2) is 7.84. The molecule has 122 valence electrons. The Labute approximate surface area is 141 Å². The monoisotopic (exact) mass is 330 g/mol. The van der Waals surface area contributed by atoms with Crippen LogP contribution in [0.5, 0.6) is 0 Å². The Bertz CT molecular complexity index is 657. The minimum Gasteiger partial charge on any atom is -0.395 e. The fourth-order valence-electron chi connectivity index (χ4n) is 2.75. The fourth-order valence-corrected chi connectivity index (χ4v) is 3.72. The van der Waals surface area contributed by atoms with E-state index in [9.17, 15) is 0 Å². The van der Waals surface area contributed by atoms with Crippen molar-refractivity contribution in [2.24, 2.45) is 0 Å². The van der Waals surface area contributed by atoms with Gasteiger partial charge in [0, 0.05) is 29.4 Å². The van der Waals surface area contributed by atoms with Crippen LogP contribution in [0, 0.1) is 0 Å². The third-order valence-electron chi connectivity index (χ3n) is 3.97. The molecule has 2 aromatic rings. The van der Waals surface area contributed by atoms with E-state index in [-0.39, 0.29) is 13.2 Å². The van der Waals surface area contributed by atoms with Crippen LogP contribution >= 0.6 is 11.8 Å². The zero-order chi connectivity index (χ0) is 16.1. The SMILES string of the molecule is OCCN(CCO)CCc1ccc2c(c1)Nc1ccccc1S2. The summed E-state index contributed by atoms with van der Waals surface area (Å²) in [5, 5.41) is 21.7. The topological polar surface area (TPSA) is 55.7 Å². The first-order chi connectivity index (χ1) is 11.3. The summed E-state index contributed by atoms with van der Waals surface area (Å²) < 4.78 is 0. The molecule has 23 heavy (non-hydrogen) atoms. The number of hydrogen-bond donors (Lipinski definition) is 3. The van der Waals surface area contributed by atoms with Crippen molar-refractivity contribution in [1.82, 2.24) is 4.90 Å². The maximum Gasteiger partial charge on any atom is 0.0558 e. The molecule has 0 aliphatic carbocycles. The van der Waals surface area contributed by atoms with Crippen LogP contribution in [-0.2, 0) is 6.42 Å². The molecule has 1 aliphatic heterocycles. The van der Waals surface area contributed by atoms with Gasteiger partial charge in [-0.3, -0.25) is 4.90 Å². The van der Waals surface area contributed by atoms with Crippen molar-refractivity contribution < 1.29 is 10.2 Å². The average molecular weight is 330 g/mol. The van der Waals surface area contributed by atoms with Gasteiger partial charge in [0.15, 0.2) is 0 Å². The van der Waals surface area contributed by atoms with Gasteiger partial charge in [-0.2, -0.15) is 0 Å². The predicted molar refractivity (Wildman–Crippen MR) is 94.6 cm³/mol. The van der Waals surface area contributed by atoms with Crippen LogP contribution < -0.4 is 5.32 Å². The van der Waals surface area contributed by atoms with Crippen LogP contribution in [0.3, 0.4) is 0 Å². The highest BCUT2D eigenvalue weighted by atomic mass is 32.2. The molecular formula is C18H22N2O2S. The number of benzene rings is 2. The highest BCUT2D eigenvalue weighted by Gasteiger charge is 2.15. The van der Waals surface area contributed by atoms with E-state index in [1.807, 2.05) is 6.07 Å². The van der Waals surface area contributed by atoms with Gasteiger partial charge in [0.2, 0.25) is 0 Å². The van der Waals surface area contributed by atoms with Gasteiger partial charge in [-0.15, -0.1) is 0 Å². The second-order valence-corrected chi connectivity index (χ2v) is 6.68. The summed E-state index contributed by atoms with van der Waals surface area (Å²) in [6.45, 7) is 2.29. The number of aliphatic hydroxyl groups is 2. The van der Waals surface area contributed by atoms with Crippen molar-refractivity contribution in [1.29, 1.82) is 0 Å². The van der Waals surface area contributed by atoms with E-state index in [1.165, 1.54) is 15.4 Å². The molecule has 2 aromatic carbocycles. The van der Waals surface area contributed by atoms with Crippen LogP contribution in [0.15, 0.2) is 52.3 Å². The highest BCUT2D eigenvalue weighted by molar-refractivity contribution is 7.99. The zero-order valence-electron chi connectivity index (χ0n) is 13.0. The number of rotatable bonds is 7. The van der Waals surface area contributed by atoms with Gasteiger partial charge in [0.1, 0.15) is 0 Å². The van der Waals surface area contributed by atoms with E-state index in [0.717, 1.165) is 24.3 Å². The Morgan fingerprint density at radius 3 is 2.39 bits per heavy atom. The maximum atomic E-state index is 9.08. The maximum absolute atomic E-state index is 9.08. The van der Waals surface area contributed by atoms with Crippen molar-refractivity contribution in [3.05, 3.63) is 48.0 Å². The molecule has 1 aliphatic rings. The molecule has 1 heterocycles. The minimum atomic E-state index is 0.124. The first-order valence-electron chi connectivity index (χ1n) is 7.91. The molecule has 5 heteroatoms. The second-order valence-electron chi connectivity index (χ2n) is 5.59. The van der Waals surface area contributed by atoms with Gasteiger partial charge in [0.05, 0.1) is 24.6 Å². The summed E-state index contributed by atoms with van der Waals surface area (Å²) in [7, 11) is 0. The van der Waals surface area contributed by atoms with E-state index < -0.39 is 0 Å². The van der Waals surface area contributed by atoms with E-state index in [0.29, 0.717) is 13.1 Å². The van der Waals surface area contributed by atoms with Gasteiger partial charge in [-0.25, -0.2) is 0 Å². The summed E-state index contributed by atoms with van der Waals surface area (Å²) in [6.07, 6.45) is 0.904.